The van der Waals surface area contributed by atoms with Crippen molar-refractivity contribution in [3.05, 3.63) is 54.4 Å². The van der Waals surface area contributed by atoms with Gasteiger partial charge in [0.05, 0.1) is 24.3 Å². The number of rotatable bonds is 9. The van der Waals surface area contributed by atoms with Crippen molar-refractivity contribution in [2.24, 2.45) is 0 Å². The zero-order valence-corrected chi connectivity index (χ0v) is 22.3. The van der Waals surface area contributed by atoms with Crippen LogP contribution in [0.3, 0.4) is 0 Å². The molecule has 2 aromatic heterocycles. The number of aryl methyl sites for hydroxylation is 1. The summed E-state index contributed by atoms with van der Waals surface area (Å²) in [5.41, 5.74) is -1.38. The van der Waals surface area contributed by atoms with E-state index in [1.807, 2.05) is 0 Å². The Hall–Kier alpha value is -2.93. The topological polar surface area (TPSA) is 154 Å². The fraction of sp³-hybridized carbons (Fsp3) is 0.458. The van der Waals surface area contributed by atoms with Crippen LogP contribution in [0.4, 0.5) is 4.39 Å². The lowest BCUT2D eigenvalue weighted by molar-refractivity contribution is -0.142. The van der Waals surface area contributed by atoms with Crippen LogP contribution in [-0.2, 0) is 23.4 Å². The quantitative estimate of drug-likeness (QED) is 0.265. The van der Waals surface area contributed by atoms with Gasteiger partial charge in [-0.1, -0.05) is 18.2 Å². The van der Waals surface area contributed by atoms with Gasteiger partial charge in [0.15, 0.2) is 12.0 Å². The molecule has 1 aliphatic heterocycles. The maximum atomic E-state index is 14.7. The van der Waals surface area contributed by atoms with Crippen molar-refractivity contribution in [2.75, 3.05) is 7.11 Å². The first-order valence-corrected chi connectivity index (χ1v) is 13.3. The molecule has 0 saturated carbocycles. The molecule has 7 atom stereocenters. The Morgan fingerprint density at radius 2 is 1.97 bits per heavy atom. The number of para-hydroxylation sites is 1. The number of carbonyl (C=O) groups excluding carboxylic acids is 1. The molecular formula is C24H30FN4O8P. The Kier molecular flexibility index (Phi) is 7.89. The molecule has 1 aliphatic rings. The molecule has 0 spiro atoms. The number of nitrogens with zero attached hydrogens (tertiary/aromatic N) is 3. The molecule has 14 heteroatoms. The van der Waals surface area contributed by atoms with Crippen molar-refractivity contribution in [1.82, 2.24) is 19.6 Å². The molecule has 0 radical (unpaired) electrons. The third-order valence-corrected chi connectivity index (χ3v) is 8.11. The molecule has 1 fully saturated rings. The average Bonchev–Trinajstić information content (AvgIpc) is 3.32. The Balaban J connectivity index is 1.62. The molecule has 0 amide bonds. The Labute approximate surface area is 218 Å². The second kappa shape index (κ2) is 10.7. The van der Waals surface area contributed by atoms with Gasteiger partial charge < -0.3 is 24.2 Å². The third kappa shape index (κ3) is 5.31. The SMILES string of the molecule is COC(=O)[C@H](C)NP(=O)(Oc1ccccc1)O[C@@H](C)[C@H]1O[C@@H](n2cc(F)c3c(C)ncnc32)[C@](C)(O)[C@@H]1O. The number of aliphatic hydroxyl groups is 2. The summed E-state index contributed by atoms with van der Waals surface area (Å²) < 4.78 is 51.8. The fourth-order valence-electron chi connectivity index (χ4n) is 4.36. The summed E-state index contributed by atoms with van der Waals surface area (Å²) >= 11 is 0. The van der Waals surface area contributed by atoms with E-state index in [1.165, 1.54) is 38.8 Å². The van der Waals surface area contributed by atoms with Gasteiger partial charge in [-0.05, 0) is 39.8 Å². The van der Waals surface area contributed by atoms with Gasteiger partial charge in [0.25, 0.3) is 0 Å². The number of benzene rings is 1. The minimum Gasteiger partial charge on any atom is -0.468 e. The van der Waals surface area contributed by atoms with Gasteiger partial charge in [-0.2, -0.15) is 5.09 Å². The molecule has 3 N–H and O–H groups in total. The lowest BCUT2D eigenvalue weighted by Gasteiger charge is -2.29. The highest BCUT2D eigenvalue weighted by Crippen LogP contribution is 2.49. The largest absolute Gasteiger partial charge is 0.468 e. The number of methoxy groups -OCH3 is 1. The summed E-state index contributed by atoms with van der Waals surface area (Å²) in [5, 5.41) is 24.9. The molecule has 38 heavy (non-hydrogen) atoms. The van der Waals surface area contributed by atoms with Crippen LogP contribution in [0.15, 0.2) is 42.9 Å². The van der Waals surface area contributed by atoms with E-state index < -0.39 is 55.7 Å². The summed E-state index contributed by atoms with van der Waals surface area (Å²) in [6, 6.07) is 7.06. The lowest BCUT2D eigenvalue weighted by Crippen LogP contribution is -2.46. The summed E-state index contributed by atoms with van der Waals surface area (Å²) in [5.74, 6) is -1.15. The molecule has 3 heterocycles. The molecule has 1 saturated heterocycles. The summed E-state index contributed by atoms with van der Waals surface area (Å²) in [7, 11) is -3.11. The molecular weight excluding hydrogens is 522 g/mol. The van der Waals surface area contributed by atoms with E-state index in [0.717, 1.165) is 6.20 Å². The van der Waals surface area contributed by atoms with Crippen molar-refractivity contribution in [2.45, 2.75) is 63.9 Å². The summed E-state index contributed by atoms with van der Waals surface area (Å²) in [6.07, 6.45) is -2.89. The number of carbonyl (C=O) groups is 1. The first-order valence-electron chi connectivity index (χ1n) is 11.8. The normalized spacial score (nSPS) is 26.6. The van der Waals surface area contributed by atoms with E-state index in [0.29, 0.717) is 5.69 Å². The van der Waals surface area contributed by atoms with Crippen LogP contribution in [0.1, 0.15) is 32.7 Å². The second-order valence-electron chi connectivity index (χ2n) is 9.25. The number of aliphatic hydroxyl groups excluding tert-OH is 1. The van der Waals surface area contributed by atoms with Gasteiger partial charge in [-0.15, -0.1) is 0 Å². The number of halogens is 1. The standard InChI is InChI=1S/C24H30FN4O8P/c1-13-18-17(25)11-29(21(18)27-12-26-13)23-24(4,32)20(30)19(35-23)15(3)36-38(33,28-14(2)22(31)34-5)37-16-9-7-6-8-10-16/h6-12,14-15,19-20,23,30,32H,1-5H3,(H,28,33)/t14-,15-,19+,20+,23+,24+,38?/m0/s1. The van der Waals surface area contributed by atoms with Crippen LogP contribution >= 0.6 is 7.75 Å². The van der Waals surface area contributed by atoms with Crippen molar-refractivity contribution >= 4 is 24.7 Å². The van der Waals surface area contributed by atoms with Crippen LogP contribution < -0.4 is 9.61 Å². The number of hydrogen-bond acceptors (Lipinski definition) is 10. The minimum atomic E-state index is -4.29. The monoisotopic (exact) mass is 552 g/mol. The van der Waals surface area contributed by atoms with Crippen molar-refractivity contribution in [3.8, 4) is 5.75 Å². The highest BCUT2D eigenvalue weighted by atomic mass is 31.2. The first kappa shape index (κ1) is 28.1. The van der Waals surface area contributed by atoms with E-state index in [2.05, 4.69) is 15.1 Å². The van der Waals surface area contributed by atoms with Crippen LogP contribution in [-0.4, -0.2) is 67.8 Å². The van der Waals surface area contributed by atoms with E-state index >= 15 is 0 Å². The highest BCUT2D eigenvalue weighted by molar-refractivity contribution is 7.52. The van der Waals surface area contributed by atoms with E-state index in [9.17, 15) is 24.0 Å². The molecule has 1 aromatic carbocycles. The molecule has 1 unspecified atom stereocenters. The number of esters is 1. The predicted molar refractivity (Wildman–Crippen MR) is 133 cm³/mol. The molecule has 4 rings (SSSR count). The zero-order chi connectivity index (χ0) is 27.8. The summed E-state index contributed by atoms with van der Waals surface area (Å²) in [4.78, 5) is 20.1. The molecule has 0 bridgehead atoms. The lowest BCUT2D eigenvalue weighted by atomic mass is 9.94. The number of ether oxygens (including phenoxy) is 2. The minimum absolute atomic E-state index is 0.149. The Morgan fingerprint density at radius 3 is 2.63 bits per heavy atom. The predicted octanol–water partition coefficient (Wildman–Crippen LogP) is 2.63. The number of nitrogens with one attached hydrogen (secondary N) is 1. The van der Waals surface area contributed by atoms with Gasteiger partial charge in [-0.25, -0.2) is 18.9 Å². The van der Waals surface area contributed by atoms with Crippen LogP contribution in [0.5, 0.6) is 5.75 Å². The summed E-state index contributed by atoms with van der Waals surface area (Å²) in [6.45, 7) is 5.81. The molecule has 3 aromatic rings. The smallest absolute Gasteiger partial charge is 0.459 e. The van der Waals surface area contributed by atoms with Crippen molar-refractivity contribution in [1.29, 1.82) is 0 Å². The van der Waals surface area contributed by atoms with Crippen LogP contribution in [0.25, 0.3) is 11.0 Å². The van der Waals surface area contributed by atoms with E-state index in [4.69, 9.17) is 18.5 Å². The Morgan fingerprint density at radius 1 is 1.29 bits per heavy atom. The fourth-order valence-corrected chi connectivity index (χ4v) is 6.05. The van der Waals surface area contributed by atoms with Gasteiger partial charge >= 0.3 is 13.7 Å². The first-order chi connectivity index (χ1) is 17.9. The number of fused-ring (bicyclic) bond motifs is 1. The number of hydrogen-bond donors (Lipinski definition) is 3. The van der Waals surface area contributed by atoms with Crippen molar-refractivity contribution in [3.63, 3.8) is 0 Å². The van der Waals surface area contributed by atoms with Crippen LogP contribution in [0.2, 0.25) is 0 Å². The molecule has 206 valence electrons. The highest BCUT2D eigenvalue weighted by Gasteiger charge is 2.56. The van der Waals surface area contributed by atoms with Crippen LogP contribution in [0, 0.1) is 12.7 Å². The van der Waals surface area contributed by atoms with E-state index in [-0.39, 0.29) is 16.8 Å². The third-order valence-electron chi connectivity index (χ3n) is 6.34. The van der Waals surface area contributed by atoms with Crippen molar-refractivity contribution < 1.29 is 42.5 Å². The maximum absolute atomic E-state index is 14.7. The Bertz CT molecular complexity index is 1350. The number of aromatic nitrogens is 3. The van der Waals surface area contributed by atoms with Gasteiger partial charge in [0.2, 0.25) is 0 Å². The maximum Gasteiger partial charge on any atom is 0.459 e. The van der Waals surface area contributed by atoms with Gasteiger partial charge in [0, 0.05) is 6.20 Å². The second-order valence-corrected chi connectivity index (χ2v) is 10.9. The zero-order valence-electron chi connectivity index (χ0n) is 21.4. The molecule has 0 aliphatic carbocycles. The van der Waals surface area contributed by atoms with E-state index in [1.54, 1.807) is 37.3 Å². The van der Waals surface area contributed by atoms with Gasteiger partial charge in [-0.3, -0.25) is 13.9 Å². The average molecular weight is 552 g/mol. The van der Waals surface area contributed by atoms with Gasteiger partial charge in [0.1, 0.15) is 41.6 Å². The molecule has 12 nitrogen and oxygen atoms in total.